The van der Waals surface area contributed by atoms with E-state index in [0.717, 1.165) is 0 Å². The van der Waals surface area contributed by atoms with E-state index in [1.165, 1.54) is 18.2 Å². The number of aliphatic imine (C=N–C) groups is 1. The minimum absolute atomic E-state index is 0.0200. The zero-order valence-electron chi connectivity index (χ0n) is 23.0. The molecule has 0 spiro atoms. The molecule has 2 unspecified atom stereocenters. The van der Waals surface area contributed by atoms with Crippen molar-refractivity contribution in [1.82, 2.24) is 20.2 Å². The van der Waals surface area contributed by atoms with Crippen LogP contribution in [-0.2, 0) is 24.7 Å². The van der Waals surface area contributed by atoms with Crippen molar-refractivity contribution in [1.29, 1.82) is 0 Å². The van der Waals surface area contributed by atoms with E-state index in [1.54, 1.807) is 67.6 Å². The van der Waals surface area contributed by atoms with Crippen molar-refractivity contribution in [2.24, 2.45) is 10.9 Å². The van der Waals surface area contributed by atoms with Gasteiger partial charge in [0.2, 0.25) is 27.5 Å². The van der Waals surface area contributed by atoms with Crippen LogP contribution in [0.3, 0.4) is 0 Å². The molecule has 4 atom stereocenters. The number of hydrogen-bond donors (Lipinski definition) is 2. The number of hydrogen-bond acceptors (Lipinski definition) is 10. The lowest BCUT2D eigenvalue weighted by atomic mass is 9.99. The molecule has 1 aromatic heterocycles. The second-order valence-corrected chi connectivity index (χ2v) is 13.9. The predicted octanol–water partition coefficient (Wildman–Crippen LogP) is 2.49. The van der Waals surface area contributed by atoms with Gasteiger partial charge in [-0.1, -0.05) is 84.9 Å². The molecule has 2 N–H and O–H groups in total. The van der Waals surface area contributed by atoms with E-state index in [0.29, 0.717) is 5.56 Å². The Hall–Kier alpha value is -4.43. The lowest BCUT2D eigenvalue weighted by Gasteiger charge is -2.19. The van der Waals surface area contributed by atoms with Crippen LogP contribution in [0.2, 0.25) is 0 Å². The average molecular weight is 624 g/mol. The van der Waals surface area contributed by atoms with Crippen molar-refractivity contribution in [3.63, 3.8) is 0 Å². The monoisotopic (exact) mass is 623 g/mol. The molecule has 224 valence electrons. The van der Waals surface area contributed by atoms with Gasteiger partial charge in [0.15, 0.2) is 9.84 Å². The van der Waals surface area contributed by atoms with Crippen LogP contribution < -0.4 is 10.0 Å². The molecule has 12 nitrogen and oxygen atoms in total. The maximum absolute atomic E-state index is 13.6. The summed E-state index contributed by atoms with van der Waals surface area (Å²) in [7, 11) is -7.60. The van der Waals surface area contributed by atoms with Gasteiger partial charge in [0, 0.05) is 5.56 Å². The first-order valence-corrected chi connectivity index (χ1v) is 16.7. The van der Waals surface area contributed by atoms with Gasteiger partial charge < -0.3 is 9.84 Å². The molecule has 2 aliphatic rings. The number of ketones is 1. The zero-order valence-corrected chi connectivity index (χ0v) is 24.7. The second-order valence-electron chi connectivity index (χ2n) is 9.98. The lowest BCUT2D eigenvalue weighted by Crippen LogP contribution is -2.46. The minimum Gasteiger partial charge on any atom is -0.344 e. The highest BCUT2D eigenvalue weighted by molar-refractivity contribution is 7.91. The fraction of sp³-hybridized carbons (Fsp3) is 0.276. The highest BCUT2D eigenvalue weighted by atomic mass is 32.2. The number of carbonyl (C=O) groups excluding carboxylic acids is 2. The molecular formula is C29H29N5O7S2. The molecule has 1 amide bonds. The predicted molar refractivity (Wildman–Crippen MR) is 158 cm³/mol. The van der Waals surface area contributed by atoms with Crippen LogP contribution >= 0.6 is 0 Å². The third-order valence-electron chi connectivity index (χ3n) is 7.08. The number of Topliss-reactive ketones (excluding diaryl/α,β-unsaturated/α-hetero) is 1. The summed E-state index contributed by atoms with van der Waals surface area (Å²) in [5, 5.41) is 5.58. The Bertz CT molecular complexity index is 1800. The van der Waals surface area contributed by atoms with Crippen LogP contribution in [0.1, 0.15) is 30.5 Å². The molecule has 1 aliphatic carbocycles. The first-order chi connectivity index (χ1) is 20.6. The molecule has 3 aromatic rings. The highest BCUT2D eigenvalue weighted by Crippen LogP contribution is 2.27. The van der Waals surface area contributed by atoms with Crippen LogP contribution in [0.5, 0.6) is 0 Å². The summed E-state index contributed by atoms with van der Waals surface area (Å²) < 4.78 is 59.0. The number of nitrogens with one attached hydrogen (secondary N) is 2. The van der Waals surface area contributed by atoms with Crippen molar-refractivity contribution in [2.45, 2.75) is 42.0 Å². The van der Waals surface area contributed by atoms with Gasteiger partial charge >= 0.3 is 0 Å². The SMILES string of the molecule is CC[C@H](NC(=O)[C@H](CCS(=O)(=O)c1ccccc1)N=C1NS(=O)(=O)C2C=CC=CC12)C(=O)c1nc(-c2ccccc2)no1. The molecule has 0 radical (unpaired) electrons. The molecule has 1 fully saturated rings. The van der Waals surface area contributed by atoms with Crippen LogP contribution in [0.25, 0.3) is 11.4 Å². The van der Waals surface area contributed by atoms with E-state index < -0.39 is 60.6 Å². The quantitative estimate of drug-likeness (QED) is 0.304. The van der Waals surface area contributed by atoms with E-state index in [2.05, 4.69) is 25.2 Å². The Balaban J connectivity index is 1.39. The Morgan fingerprint density at radius 3 is 2.42 bits per heavy atom. The number of amidine groups is 1. The summed E-state index contributed by atoms with van der Waals surface area (Å²) in [6, 6.07) is 14.2. The van der Waals surface area contributed by atoms with Crippen molar-refractivity contribution in [2.75, 3.05) is 5.75 Å². The summed E-state index contributed by atoms with van der Waals surface area (Å²) in [5.41, 5.74) is 0.641. The maximum Gasteiger partial charge on any atom is 0.296 e. The van der Waals surface area contributed by atoms with Gasteiger partial charge in [0.1, 0.15) is 17.1 Å². The summed E-state index contributed by atoms with van der Waals surface area (Å²) in [5.74, 6) is -2.57. The van der Waals surface area contributed by atoms with E-state index in [4.69, 9.17) is 4.52 Å². The van der Waals surface area contributed by atoms with E-state index in [-0.39, 0.29) is 35.3 Å². The van der Waals surface area contributed by atoms with Gasteiger partial charge in [-0.3, -0.25) is 19.3 Å². The smallest absolute Gasteiger partial charge is 0.296 e. The van der Waals surface area contributed by atoms with Crippen LogP contribution in [0, 0.1) is 5.92 Å². The third kappa shape index (κ3) is 6.65. The molecule has 2 aromatic carbocycles. The Morgan fingerprint density at radius 1 is 1.05 bits per heavy atom. The Morgan fingerprint density at radius 2 is 1.72 bits per heavy atom. The summed E-state index contributed by atoms with van der Waals surface area (Å²) in [4.78, 5) is 35.5. The first kappa shape index (κ1) is 30.0. The van der Waals surface area contributed by atoms with E-state index in [9.17, 15) is 26.4 Å². The number of allylic oxidation sites excluding steroid dienone is 2. The Kier molecular flexibility index (Phi) is 8.69. The number of rotatable bonds is 11. The Labute approximate surface area is 249 Å². The van der Waals surface area contributed by atoms with Gasteiger partial charge in [0.25, 0.3) is 5.89 Å². The number of benzene rings is 2. The summed E-state index contributed by atoms with van der Waals surface area (Å²) in [6.45, 7) is 1.67. The molecule has 0 saturated carbocycles. The van der Waals surface area contributed by atoms with Crippen molar-refractivity contribution < 1.29 is 30.9 Å². The molecule has 1 saturated heterocycles. The van der Waals surface area contributed by atoms with Crippen LogP contribution in [0.15, 0.2) is 99.4 Å². The standard InChI is InChI=1S/C29H29N5O7S2/c1-2-22(25(35)29-32-26(33-41-29)19-11-5-3-6-12-19)31-28(36)23(17-18-42(37,38)20-13-7-4-8-14-20)30-27-21-15-9-10-16-24(21)43(39,40)34-27/h3-16,21-24H,2,17-18H2,1H3,(H,30,34)(H,31,36)/t21?,22-,23-,24?/m0/s1. The number of carbonyl (C=O) groups is 2. The molecule has 2 heterocycles. The maximum atomic E-state index is 13.6. The molecule has 14 heteroatoms. The molecule has 5 rings (SSSR count). The number of sulfone groups is 1. The minimum atomic E-state index is -3.80. The number of amides is 1. The molecule has 0 bridgehead atoms. The van der Waals surface area contributed by atoms with Gasteiger partial charge in [0.05, 0.1) is 22.6 Å². The topological polar surface area (TPSA) is 178 Å². The van der Waals surface area contributed by atoms with Crippen molar-refractivity contribution in [3.05, 3.63) is 90.9 Å². The van der Waals surface area contributed by atoms with Crippen LogP contribution in [0.4, 0.5) is 0 Å². The van der Waals surface area contributed by atoms with E-state index >= 15 is 0 Å². The average Bonchev–Trinajstić information content (AvgIpc) is 3.61. The van der Waals surface area contributed by atoms with Crippen molar-refractivity contribution >= 4 is 37.4 Å². The van der Waals surface area contributed by atoms with Gasteiger partial charge in [-0.15, -0.1) is 0 Å². The van der Waals surface area contributed by atoms with Gasteiger partial charge in [-0.05, 0) is 25.0 Å². The zero-order chi connectivity index (χ0) is 30.6. The van der Waals surface area contributed by atoms with Gasteiger partial charge in [-0.25, -0.2) is 16.8 Å². The van der Waals surface area contributed by atoms with E-state index in [1.807, 2.05) is 6.07 Å². The number of nitrogens with zero attached hydrogens (tertiary/aromatic N) is 3. The first-order valence-electron chi connectivity index (χ1n) is 13.5. The number of sulfonamides is 1. The fourth-order valence-corrected chi connectivity index (χ4v) is 7.62. The molecular weight excluding hydrogens is 594 g/mol. The van der Waals surface area contributed by atoms with Gasteiger partial charge in [-0.2, -0.15) is 4.98 Å². The number of fused-ring (bicyclic) bond motifs is 1. The highest BCUT2D eigenvalue weighted by Gasteiger charge is 2.43. The number of aromatic nitrogens is 2. The second kappa shape index (κ2) is 12.4. The van der Waals surface area contributed by atoms with Crippen LogP contribution in [-0.4, -0.2) is 67.6 Å². The summed E-state index contributed by atoms with van der Waals surface area (Å²) in [6.07, 6.45) is 6.34. The summed E-state index contributed by atoms with van der Waals surface area (Å²) >= 11 is 0. The normalized spacial score (nSPS) is 21.1. The van der Waals surface area contributed by atoms with Crippen molar-refractivity contribution in [3.8, 4) is 11.4 Å². The molecule has 1 aliphatic heterocycles. The lowest BCUT2D eigenvalue weighted by molar-refractivity contribution is -0.122. The third-order valence-corrected chi connectivity index (χ3v) is 10.5. The molecule has 43 heavy (non-hydrogen) atoms. The largest absolute Gasteiger partial charge is 0.344 e. The fourth-order valence-electron chi connectivity index (χ4n) is 4.76.